The first-order valence-corrected chi connectivity index (χ1v) is 10.8. The fourth-order valence-corrected chi connectivity index (χ4v) is 3.80. The van der Waals surface area contributed by atoms with Crippen molar-refractivity contribution in [2.24, 2.45) is 11.4 Å². The SMILES string of the molecule is COc1ccccc1-c1nc2c(C(C)=N[S@+]([O-])C(C)(C)C)cc(C)cc2c(=O)n1C. The number of aryl methyl sites for hydroxylation is 1. The molecule has 1 aromatic heterocycles. The molecule has 0 unspecified atom stereocenters. The lowest BCUT2D eigenvalue weighted by Gasteiger charge is -2.19. The van der Waals surface area contributed by atoms with E-state index in [1.165, 1.54) is 4.57 Å². The van der Waals surface area contributed by atoms with Gasteiger partial charge < -0.3 is 9.29 Å². The van der Waals surface area contributed by atoms with Crippen molar-refractivity contribution in [2.45, 2.75) is 39.4 Å². The van der Waals surface area contributed by atoms with Crippen molar-refractivity contribution in [3.8, 4) is 17.1 Å². The molecule has 2 aromatic carbocycles. The van der Waals surface area contributed by atoms with Crippen LogP contribution in [0.5, 0.6) is 5.75 Å². The summed E-state index contributed by atoms with van der Waals surface area (Å²) in [7, 11) is 3.29. The Kier molecular flexibility index (Phi) is 6.06. The molecule has 3 rings (SSSR count). The van der Waals surface area contributed by atoms with Gasteiger partial charge >= 0.3 is 0 Å². The van der Waals surface area contributed by atoms with Crippen molar-refractivity contribution >= 4 is 28.0 Å². The number of fused-ring (bicyclic) bond motifs is 1. The van der Waals surface area contributed by atoms with Crippen LogP contribution in [-0.4, -0.2) is 31.7 Å². The summed E-state index contributed by atoms with van der Waals surface area (Å²) in [5, 5.41) is 0.502. The molecule has 1 atom stereocenters. The second-order valence-corrected chi connectivity index (χ2v) is 10.2. The molecule has 0 radical (unpaired) electrons. The molecule has 0 spiro atoms. The number of benzene rings is 2. The molecular formula is C23H27N3O3S. The van der Waals surface area contributed by atoms with Gasteiger partial charge in [0.2, 0.25) is 0 Å². The van der Waals surface area contributed by atoms with Crippen LogP contribution in [0.4, 0.5) is 0 Å². The molecular weight excluding hydrogens is 398 g/mol. The summed E-state index contributed by atoms with van der Waals surface area (Å²) in [4.78, 5) is 18.1. The Balaban J connectivity index is 2.34. The Morgan fingerprint density at radius 1 is 1.23 bits per heavy atom. The van der Waals surface area contributed by atoms with Crippen LogP contribution in [0.25, 0.3) is 22.3 Å². The minimum absolute atomic E-state index is 0.157. The summed E-state index contributed by atoms with van der Waals surface area (Å²) >= 11 is -1.42. The second kappa shape index (κ2) is 8.24. The van der Waals surface area contributed by atoms with E-state index in [0.29, 0.717) is 33.8 Å². The third kappa shape index (κ3) is 4.13. The van der Waals surface area contributed by atoms with E-state index in [1.54, 1.807) is 21.1 Å². The highest BCUT2D eigenvalue weighted by molar-refractivity contribution is 7.91. The molecule has 1 heterocycles. The van der Waals surface area contributed by atoms with Crippen molar-refractivity contribution in [3.05, 3.63) is 57.9 Å². The van der Waals surface area contributed by atoms with E-state index in [9.17, 15) is 9.35 Å². The lowest BCUT2D eigenvalue weighted by molar-refractivity contribution is 0.416. The molecule has 6 nitrogen and oxygen atoms in total. The lowest BCUT2D eigenvalue weighted by Crippen LogP contribution is -2.27. The number of methoxy groups -OCH3 is 1. The zero-order valence-electron chi connectivity index (χ0n) is 18.4. The third-order valence-electron chi connectivity index (χ3n) is 4.81. The zero-order valence-corrected chi connectivity index (χ0v) is 19.3. The van der Waals surface area contributed by atoms with Gasteiger partial charge in [-0.2, -0.15) is 0 Å². The highest BCUT2D eigenvalue weighted by Gasteiger charge is 2.27. The standard InChI is InChI=1S/C23H27N3O3S/c1-14-12-17(15(2)25-30(28)23(3,4)5)20-18(13-14)22(27)26(6)21(24-20)16-10-8-9-11-19(16)29-7/h8-13H,1-7H3/t30-/m1/s1. The van der Waals surface area contributed by atoms with Gasteiger partial charge in [0, 0.05) is 12.6 Å². The monoisotopic (exact) mass is 425 g/mol. The van der Waals surface area contributed by atoms with E-state index in [4.69, 9.17) is 9.72 Å². The lowest BCUT2D eigenvalue weighted by atomic mass is 10.0. The van der Waals surface area contributed by atoms with Crippen LogP contribution in [0.2, 0.25) is 0 Å². The first-order chi connectivity index (χ1) is 14.0. The van der Waals surface area contributed by atoms with Crippen LogP contribution in [0.3, 0.4) is 0 Å². The fourth-order valence-electron chi connectivity index (χ4n) is 3.18. The maximum Gasteiger partial charge on any atom is 0.261 e. The number of nitrogens with zero attached hydrogens (tertiary/aromatic N) is 3. The first kappa shape index (κ1) is 22.1. The van der Waals surface area contributed by atoms with Crippen LogP contribution in [0.15, 0.2) is 45.6 Å². The maximum atomic E-state index is 13.2. The number of para-hydroxylation sites is 1. The average molecular weight is 426 g/mol. The fraction of sp³-hybridized carbons (Fsp3) is 0.348. The van der Waals surface area contributed by atoms with Crippen LogP contribution in [0, 0.1) is 6.92 Å². The topological polar surface area (TPSA) is 79.5 Å². The summed E-state index contributed by atoms with van der Waals surface area (Å²) in [6.45, 7) is 9.36. The summed E-state index contributed by atoms with van der Waals surface area (Å²) in [6, 6.07) is 11.2. The van der Waals surface area contributed by atoms with E-state index in [1.807, 2.05) is 64.1 Å². The quantitative estimate of drug-likeness (QED) is 0.464. The Labute approximate surface area is 180 Å². The van der Waals surface area contributed by atoms with Crippen molar-refractivity contribution in [1.29, 1.82) is 0 Å². The van der Waals surface area contributed by atoms with E-state index in [0.717, 1.165) is 11.1 Å². The maximum absolute atomic E-state index is 13.2. The number of hydrogen-bond acceptors (Lipinski definition) is 5. The molecule has 0 saturated carbocycles. The molecule has 0 amide bonds. The van der Waals surface area contributed by atoms with E-state index < -0.39 is 16.1 Å². The summed E-state index contributed by atoms with van der Waals surface area (Å²) in [5.41, 5.74) is 3.31. The highest BCUT2D eigenvalue weighted by Crippen LogP contribution is 2.29. The summed E-state index contributed by atoms with van der Waals surface area (Å²) in [5.74, 6) is 1.13. The molecule has 3 aromatic rings. The number of aromatic nitrogens is 2. The smallest absolute Gasteiger partial charge is 0.261 e. The van der Waals surface area contributed by atoms with Gasteiger partial charge in [-0.15, -0.1) is 0 Å². The summed E-state index contributed by atoms with van der Waals surface area (Å²) in [6.07, 6.45) is 0. The van der Waals surface area contributed by atoms with E-state index in [2.05, 4.69) is 4.40 Å². The minimum atomic E-state index is -1.42. The van der Waals surface area contributed by atoms with Crippen molar-refractivity contribution in [1.82, 2.24) is 9.55 Å². The molecule has 0 aliphatic carbocycles. The van der Waals surface area contributed by atoms with Gasteiger partial charge in [-0.3, -0.25) is 9.36 Å². The van der Waals surface area contributed by atoms with Gasteiger partial charge in [-0.25, -0.2) is 4.98 Å². The number of hydrogen-bond donors (Lipinski definition) is 0. The highest BCUT2D eigenvalue weighted by atomic mass is 32.2. The van der Waals surface area contributed by atoms with Gasteiger partial charge in [-0.05, 0) is 64.4 Å². The molecule has 0 saturated heterocycles. The predicted molar refractivity (Wildman–Crippen MR) is 124 cm³/mol. The predicted octanol–water partition coefficient (Wildman–Crippen LogP) is 4.19. The van der Waals surface area contributed by atoms with Crippen molar-refractivity contribution in [2.75, 3.05) is 7.11 Å². The molecule has 7 heteroatoms. The molecule has 30 heavy (non-hydrogen) atoms. The molecule has 0 fully saturated rings. The van der Waals surface area contributed by atoms with Crippen LogP contribution >= 0.6 is 0 Å². The Hall–Kier alpha value is -2.64. The van der Waals surface area contributed by atoms with Gasteiger partial charge in [0.15, 0.2) is 0 Å². The molecule has 0 aliphatic rings. The van der Waals surface area contributed by atoms with Gasteiger partial charge in [0.05, 0.1) is 29.3 Å². The normalized spacial score (nSPS) is 13.5. The Bertz CT molecular complexity index is 1190. The van der Waals surface area contributed by atoms with Gasteiger partial charge in [0.25, 0.3) is 5.56 Å². The summed E-state index contributed by atoms with van der Waals surface area (Å²) < 4.78 is 23.5. The average Bonchev–Trinajstić information content (AvgIpc) is 2.69. The van der Waals surface area contributed by atoms with Crippen LogP contribution in [-0.2, 0) is 18.4 Å². The minimum Gasteiger partial charge on any atom is -0.591 e. The van der Waals surface area contributed by atoms with E-state index >= 15 is 0 Å². The molecule has 0 aliphatic heterocycles. The van der Waals surface area contributed by atoms with Crippen molar-refractivity contribution < 1.29 is 9.29 Å². The molecule has 0 bridgehead atoms. The Morgan fingerprint density at radius 3 is 2.53 bits per heavy atom. The second-order valence-electron chi connectivity index (χ2n) is 8.25. The van der Waals surface area contributed by atoms with Crippen molar-refractivity contribution in [3.63, 3.8) is 0 Å². The van der Waals surface area contributed by atoms with Crippen LogP contribution < -0.4 is 10.3 Å². The zero-order chi connectivity index (χ0) is 22.2. The number of ether oxygens (including phenoxy) is 1. The van der Waals surface area contributed by atoms with Crippen LogP contribution in [0.1, 0.15) is 38.8 Å². The number of rotatable bonds is 4. The van der Waals surface area contributed by atoms with Gasteiger partial charge in [0.1, 0.15) is 27.7 Å². The first-order valence-electron chi connectivity index (χ1n) is 9.67. The third-order valence-corrected chi connectivity index (χ3v) is 6.29. The molecule has 158 valence electrons. The largest absolute Gasteiger partial charge is 0.591 e. The molecule has 0 N–H and O–H groups in total. The Morgan fingerprint density at radius 2 is 1.90 bits per heavy atom. The van der Waals surface area contributed by atoms with Gasteiger partial charge in [-0.1, -0.05) is 16.5 Å². The van der Waals surface area contributed by atoms with E-state index in [-0.39, 0.29) is 5.56 Å².